The zero-order valence-corrected chi connectivity index (χ0v) is 10.9. The number of ether oxygens (including phenoxy) is 1. The van der Waals surface area contributed by atoms with E-state index in [1.807, 2.05) is 0 Å². The first kappa shape index (κ1) is 14.9. The maximum Gasteiger partial charge on any atom is 0.0598 e. The molecule has 2 nitrogen and oxygen atoms in total. The second-order valence-electron chi connectivity index (χ2n) is 5.27. The quantitative estimate of drug-likeness (QED) is 0.630. The number of hydrogen-bond donors (Lipinski definition) is 1. The van der Waals surface area contributed by atoms with Crippen molar-refractivity contribution in [1.82, 2.24) is 0 Å². The van der Waals surface area contributed by atoms with E-state index in [2.05, 4.69) is 27.7 Å². The molecule has 1 N–H and O–H groups in total. The molecular formula is C13H28O2. The highest BCUT2D eigenvalue weighted by molar-refractivity contribution is 4.63. The first-order valence-electron chi connectivity index (χ1n) is 6.24. The molecule has 0 spiro atoms. The van der Waals surface area contributed by atoms with Gasteiger partial charge in [0.2, 0.25) is 0 Å². The van der Waals surface area contributed by atoms with E-state index in [0.717, 1.165) is 19.4 Å². The third-order valence-corrected chi connectivity index (χ3v) is 2.60. The average molecular weight is 216 g/mol. The lowest BCUT2D eigenvalue weighted by Crippen LogP contribution is -2.23. The molecule has 0 saturated heterocycles. The van der Waals surface area contributed by atoms with E-state index < -0.39 is 0 Å². The molecule has 0 aromatic rings. The Labute approximate surface area is 95.0 Å². The van der Waals surface area contributed by atoms with E-state index in [-0.39, 0.29) is 5.60 Å². The molecule has 15 heavy (non-hydrogen) atoms. The maximum atomic E-state index is 8.67. The summed E-state index contributed by atoms with van der Waals surface area (Å²) in [6.07, 6.45) is 5.72. The van der Waals surface area contributed by atoms with Crippen LogP contribution < -0.4 is 0 Å². The minimum atomic E-state index is -0.0154. The zero-order chi connectivity index (χ0) is 11.7. The molecule has 0 aliphatic carbocycles. The number of rotatable bonds is 8. The van der Waals surface area contributed by atoms with Gasteiger partial charge in [0.1, 0.15) is 0 Å². The second kappa shape index (κ2) is 8.12. The van der Waals surface area contributed by atoms with E-state index in [0.29, 0.717) is 12.5 Å². The summed E-state index contributed by atoms with van der Waals surface area (Å²) >= 11 is 0. The molecule has 0 saturated carbocycles. The molecule has 0 bridgehead atoms. The minimum Gasteiger partial charge on any atom is -0.396 e. The van der Waals surface area contributed by atoms with Gasteiger partial charge < -0.3 is 9.84 Å². The van der Waals surface area contributed by atoms with E-state index in [1.54, 1.807) is 0 Å². The van der Waals surface area contributed by atoms with Crippen molar-refractivity contribution < 1.29 is 9.84 Å². The Balaban J connectivity index is 3.55. The summed E-state index contributed by atoms with van der Waals surface area (Å²) in [6, 6.07) is 0. The van der Waals surface area contributed by atoms with Gasteiger partial charge in [0.05, 0.1) is 12.2 Å². The van der Waals surface area contributed by atoms with Gasteiger partial charge in [-0.3, -0.25) is 0 Å². The summed E-state index contributed by atoms with van der Waals surface area (Å²) in [5.41, 5.74) is -0.0154. The van der Waals surface area contributed by atoms with Gasteiger partial charge in [-0.15, -0.1) is 0 Å². The molecule has 0 amide bonds. The average Bonchev–Trinajstić information content (AvgIpc) is 2.15. The van der Waals surface area contributed by atoms with E-state index >= 15 is 0 Å². The van der Waals surface area contributed by atoms with Gasteiger partial charge in [0.15, 0.2) is 0 Å². The Morgan fingerprint density at radius 2 is 1.80 bits per heavy atom. The fourth-order valence-corrected chi connectivity index (χ4v) is 1.49. The zero-order valence-electron chi connectivity index (χ0n) is 10.9. The first-order chi connectivity index (χ1) is 6.99. The summed E-state index contributed by atoms with van der Waals surface area (Å²) in [5, 5.41) is 8.67. The largest absolute Gasteiger partial charge is 0.396 e. The summed E-state index contributed by atoms with van der Waals surface area (Å²) in [7, 11) is 0. The summed E-state index contributed by atoms with van der Waals surface area (Å²) in [4.78, 5) is 0. The number of aliphatic hydroxyl groups is 1. The van der Waals surface area contributed by atoms with Crippen molar-refractivity contribution in [3.05, 3.63) is 0 Å². The van der Waals surface area contributed by atoms with Crippen LogP contribution in [0.1, 0.15) is 59.8 Å². The Bertz CT molecular complexity index is 138. The lowest BCUT2D eigenvalue weighted by atomic mass is 9.99. The van der Waals surface area contributed by atoms with Gasteiger partial charge in [0.25, 0.3) is 0 Å². The van der Waals surface area contributed by atoms with Crippen LogP contribution in [0.15, 0.2) is 0 Å². The Morgan fingerprint density at radius 3 is 2.27 bits per heavy atom. The van der Waals surface area contributed by atoms with Gasteiger partial charge in [-0.25, -0.2) is 0 Å². The Hall–Kier alpha value is -0.0800. The van der Waals surface area contributed by atoms with Crippen LogP contribution in [0.25, 0.3) is 0 Å². The van der Waals surface area contributed by atoms with Gasteiger partial charge >= 0.3 is 0 Å². The molecule has 0 fully saturated rings. The van der Waals surface area contributed by atoms with Crippen molar-refractivity contribution in [2.45, 2.75) is 65.4 Å². The minimum absolute atomic E-state index is 0.0154. The molecule has 0 aliphatic rings. The van der Waals surface area contributed by atoms with Crippen molar-refractivity contribution in [2.75, 3.05) is 13.2 Å². The van der Waals surface area contributed by atoms with E-state index in [4.69, 9.17) is 9.84 Å². The third-order valence-electron chi connectivity index (χ3n) is 2.60. The Kier molecular flexibility index (Phi) is 8.07. The number of aliphatic hydroxyl groups excluding tert-OH is 1. The van der Waals surface area contributed by atoms with Crippen LogP contribution in [0.5, 0.6) is 0 Å². The molecule has 0 aliphatic heterocycles. The smallest absolute Gasteiger partial charge is 0.0598 e. The lowest BCUT2D eigenvalue weighted by molar-refractivity contribution is -0.0244. The van der Waals surface area contributed by atoms with Crippen LogP contribution in [-0.4, -0.2) is 23.9 Å². The molecule has 0 rings (SSSR count). The predicted molar refractivity (Wildman–Crippen MR) is 65.0 cm³/mol. The van der Waals surface area contributed by atoms with Crippen LogP contribution in [0, 0.1) is 5.92 Å². The normalized spacial score (nSPS) is 14.2. The summed E-state index contributed by atoms with van der Waals surface area (Å²) in [6.45, 7) is 9.74. The fourth-order valence-electron chi connectivity index (χ4n) is 1.49. The van der Waals surface area contributed by atoms with Gasteiger partial charge in [0, 0.05) is 6.61 Å². The predicted octanol–water partition coefficient (Wildman–Crippen LogP) is 3.38. The lowest BCUT2D eigenvalue weighted by Gasteiger charge is -2.23. The van der Waals surface area contributed by atoms with Crippen molar-refractivity contribution in [2.24, 2.45) is 5.92 Å². The van der Waals surface area contributed by atoms with Crippen molar-refractivity contribution in [3.63, 3.8) is 0 Å². The monoisotopic (exact) mass is 216 g/mol. The highest BCUT2D eigenvalue weighted by Gasteiger charge is 2.13. The highest BCUT2D eigenvalue weighted by Crippen LogP contribution is 2.17. The number of hydrogen-bond acceptors (Lipinski definition) is 2. The molecule has 0 unspecified atom stereocenters. The SMILES string of the molecule is CC[C@H](CCCCCO)COC(C)(C)C. The highest BCUT2D eigenvalue weighted by atomic mass is 16.5. The molecular weight excluding hydrogens is 188 g/mol. The molecule has 0 aromatic heterocycles. The van der Waals surface area contributed by atoms with Crippen LogP contribution in [-0.2, 0) is 4.74 Å². The maximum absolute atomic E-state index is 8.67. The molecule has 2 heteroatoms. The van der Waals surface area contributed by atoms with Crippen molar-refractivity contribution in [1.29, 1.82) is 0 Å². The van der Waals surface area contributed by atoms with E-state index in [9.17, 15) is 0 Å². The molecule has 0 radical (unpaired) electrons. The van der Waals surface area contributed by atoms with Crippen LogP contribution in [0.2, 0.25) is 0 Å². The van der Waals surface area contributed by atoms with Crippen LogP contribution in [0.4, 0.5) is 0 Å². The van der Waals surface area contributed by atoms with Crippen molar-refractivity contribution >= 4 is 0 Å². The molecule has 0 aromatic carbocycles. The Morgan fingerprint density at radius 1 is 1.13 bits per heavy atom. The fraction of sp³-hybridized carbons (Fsp3) is 1.00. The third kappa shape index (κ3) is 10.2. The second-order valence-corrected chi connectivity index (χ2v) is 5.27. The molecule has 92 valence electrons. The summed E-state index contributed by atoms with van der Waals surface area (Å²) < 4.78 is 5.79. The van der Waals surface area contributed by atoms with Crippen molar-refractivity contribution in [3.8, 4) is 0 Å². The summed E-state index contributed by atoms with van der Waals surface area (Å²) in [5.74, 6) is 0.683. The molecule has 1 atom stereocenters. The molecule has 0 heterocycles. The topological polar surface area (TPSA) is 29.5 Å². The van der Waals surface area contributed by atoms with E-state index in [1.165, 1.54) is 19.3 Å². The van der Waals surface area contributed by atoms with Gasteiger partial charge in [-0.1, -0.05) is 26.2 Å². The number of unbranched alkanes of at least 4 members (excludes halogenated alkanes) is 2. The standard InChI is InChI=1S/C13H28O2/c1-5-12(9-7-6-8-10-14)11-15-13(2,3)4/h12,14H,5-11H2,1-4H3/t12-/m1/s1. The van der Waals surface area contributed by atoms with Crippen LogP contribution >= 0.6 is 0 Å². The van der Waals surface area contributed by atoms with Gasteiger partial charge in [-0.2, -0.15) is 0 Å². The van der Waals surface area contributed by atoms with Crippen LogP contribution in [0.3, 0.4) is 0 Å². The van der Waals surface area contributed by atoms with Gasteiger partial charge in [-0.05, 0) is 39.5 Å². The first-order valence-corrected chi connectivity index (χ1v) is 6.24.